The number of nitrogens with zero attached hydrogens (tertiary/aromatic N) is 2. The number of hydrogen-bond acceptors (Lipinski definition) is 4. The minimum absolute atomic E-state index is 0.105. The van der Waals surface area contributed by atoms with Crippen LogP contribution in [0.25, 0.3) is 11.0 Å². The Balaban J connectivity index is 1.41. The fourth-order valence-corrected chi connectivity index (χ4v) is 3.04. The summed E-state index contributed by atoms with van der Waals surface area (Å²) in [5.41, 5.74) is 3.58. The number of nitrogens with one attached hydrogen (secondary N) is 1. The highest BCUT2D eigenvalue weighted by Crippen LogP contribution is 2.24. The lowest BCUT2D eigenvalue weighted by molar-refractivity contribution is -0.0163. The predicted molar refractivity (Wildman–Crippen MR) is 93.5 cm³/mol. The Morgan fingerprint density at radius 3 is 3.04 bits per heavy atom. The summed E-state index contributed by atoms with van der Waals surface area (Å²) in [5, 5.41) is 2.95. The SMILES string of the molecule is Cn1c(CCNC(=O)c2ccc3c(c2)COCO3)nc2ccccc21. The van der Waals surface area contributed by atoms with Gasteiger partial charge in [-0.2, -0.15) is 0 Å². The van der Waals surface area contributed by atoms with Gasteiger partial charge in [0.05, 0.1) is 17.6 Å². The number of carbonyl (C=O) groups excluding carboxylic acids is 1. The summed E-state index contributed by atoms with van der Waals surface area (Å²) in [6, 6.07) is 13.4. The van der Waals surface area contributed by atoms with E-state index in [-0.39, 0.29) is 12.7 Å². The molecule has 0 saturated carbocycles. The summed E-state index contributed by atoms with van der Waals surface area (Å²) in [5.74, 6) is 1.63. The van der Waals surface area contributed by atoms with Crippen LogP contribution in [0.5, 0.6) is 5.75 Å². The van der Waals surface area contributed by atoms with Crippen molar-refractivity contribution in [3.8, 4) is 5.75 Å². The smallest absolute Gasteiger partial charge is 0.251 e. The van der Waals surface area contributed by atoms with E-state index < -0.39 is 0 Å². The largest absolute Gasteiger partial charge is 0.467 e. The molecule has 128 valence electrons. The van der Waals surface area contributed by atoms with Crippen molar-refractivity contribution in [1.82, 2.24) is 14.9 Å². The normalized spacial score (nSPS) is 13.3. The number of benzene rings is 2. The van der Waals surface area contributed by atoms with E-state index in [0.717, 1.165) is 28.2 Å². The van der Waals surface area contributed by atoms with E-state index in [1.54, 1.807) is 6.07 Å². The van der Waals surface area contributed by atoms with Crippen molar-refractivity contribution in [3.05, 3.63) is 59.4 Å². The summed E-state index contributed by atoms with van der Waals surface area (Å²) in [6.45, 7) is 1.26. The van der Waals surface area contributed by atoms with Gasteiger partial charge in [-0.05, 0) is 30.3 Å². The van der Waals surface area contributed by atoms with Crippen LogP contribution in [-0.4, -0.2) is 28.8 Å². The monoisotopic (exact) mass is 337 g/mol. The lowest BCUT2D eigenvalue weighted by Gasteiger charge is -2.18. The van der Waals surface area contributed by atoms with Crippen LogP contribution in [0.2, 0.25) is 0 Å². The lowest BCUT2D eigenvalue weighted by Crippen LogP contribution is -2.26. The Morgan fingerprint density at radius 1 is 1.28 bits per heavy atom. The van der Waals surface area contributed by atoms with Gasteiger partial charge in [-0.1, -0.05) is 12.1 Å². The first-order valence-electron chi connectivity index (χ1n) is 8.24. The van der Waals surface area contributed by atoms with Gasteiger partial charge in [0.1, 0.15) is 11.6 Å². The first kappa shape index (κ1) is 15.7. The van der Waals surface area contributed by atoms with E-state index in [4.69, 9.17) is 9.47 Å². The summed E-state index contributed by atoms with van der Waals surface area (Å²) in [4.78, 5) is 17.0. The number of hydrogen-bond donors (Lipinski definition) is 1. The molecular weight excluding hydrogens is 318 g/mol. The number of amides is 1. The van der Waals surface area contributed by atoms with Crippen LogP contribution in [-0.2, 0) is 24.8 Å². The van der Waals surface area contributed by atoms with Gasteiger partial charge >= 0.3 is 0 Å². The van der Waals surface area contributed by atoms with Crippen molar-refractivity contribution < 1.29 is 14.3 Å². The molecule has 1 N–H and O–H groups in total. The summed E-state index contributed by atoms with van der Waals surface area (Å²) in [7, 11) is 2.00. The fraction of sp³-hybridized carbons (Fsp3) is 0.263. The molecule has 0 spiro atoms. The first-order chi connectivity index (χ1) is 12.2. The predicted octanol–water partition coefficient (Wildman–Crippen LogP) is 2.41. The van der Waals surface area contributed by atoms with E-state index in [1.807, 2.05) is 43.4 Å². The topological polar surface area (TPSA) is 65.4 Å². The zero-order valence-corrected chi connectivity index (χ0v) is 14.0. The van der Waals surface area contributed by atoms with Gasteiger partial charge in [-0.15, -0.1) is 0 Å². The zero-order chi connectivity index (χ0) is 17.2. The number of carbonyl (C=O) groups is 1. The molecule has 0 fully saturated rings. The fourth-order valence-electron chi connectivity index (χ4n) is 3.04. The standard InChI is InChI=1S/C19H19N3O3/c1-22-16-5-3-2-4-15(16)21-18(22)8-9-20-19(23)13-6-7-17-14(10-13)11-24-12-25-17/h2-7,10H,8-9,11-12H2,1H3,(H,20,23). The van der Waals surface area contributed by atoms with Gasteiger partial charge < -0.3 is 19.4 Å². The molecule has 1 amide bonds. The Kier molecular flexibility index (Phi) is 4.11. The minimum Gasteiger partial charge on any atom is -0.467 e. The molecule has 3 aromatic rings. The number of fused-ring (bicyclic) bond motifs is 2. The van der Waals surface area contributed by atoms with Crippen LogP contribution in [0.4, 0.5) is 0 Å². The molecule has 4 rings (SSSR count). The quantitative estimate of drug-likeness (QED) is 0.794. The molecule has 1 aromatic heterocycles. The van der Waals surface area contributed by atoms with Crippen molar-refractivity contribution in [3.63, 3.8) is 0 Å². The Bertz CT molecular complexity index is 933. The second-order valence-electron chi connectivity index (χ2n) is 6.01. The third kappa shape index (κ3) is 3.08. The van der Waals surface area contributed by atoms with Gasteiger partial charge in [0.25, 0.3) is 5.91 Å². The van der Waals surface area contributed by atoms with E-state index in [2.05, 4.69) is 14.9 Å². The van der Waals surface area contributed by atoms with E-state index in [9.17, 15) is 4.79 Å². The minimum atomic E-state index is -0.105. The van der Waals surface area contributed by atoms with Gasteiger partial charge in [-0.25, -0.2) is 4.98 Å². The van der Waals surface area contributed by atoms with E-state index >= 15 is 0 Å². The maximum atomic E-state index is 12.4. The molecule has 6 heteroatoms. The van der Waals surface area contributed by atoms with Crippen molar-refractivity contribution >= 4 is 16.9 Å². The molecule has 0 aliphatic carbocycles. The second-order valence-corrected chi connectivity index (χ2v) is 6.01. The van der Waals surface area contributed by atoms with Crippen molar-refractivity contribution in [2.45, 2.75) is 13.0 Å². The summed E-state index contributed by atoms with van der Waals surface area (Å²) < 4.78 is 12.7. The number of imidazole rings is 1. The average Bonchev–Trinajstić information content (AvgIpc) is 2.97. The maximum Gasteiger partial charge on any atom is 0.251 e. The highest BCUT2D eigenvalue weighted by Gasteiger charge is 2.14. The molecule has 1 aliphatic rings. The number of para-hydroxylation sites is 2. The number of rotatable bonds is 4. The Morgan fingerprint density at radius 2 is 2.16 bits per heavy atom. The molecule has 25 heavy (non-hydrogen) atoms. The summed E-state index contributed by atoms with van der Waals surface area (Å²) >= 11 is 0. The zero-order valence-electron chi connectivity index (χ0n) is 14.0. The van der Waals surface area contributed by atoms with E-state index in [1.165, 1.54) is 0 Å². The number of ether oxygens (including phenoxy) is 2. The van der Waals surface area contributed by atoms with Crippen molar-refractivity contribution in [2.24, 2.45) is 7.05 Å². The molecule has 0 atom stereocenters. The molecule has 6 nitrogen and oxygen atoms in total. The van der Waals surface area contributed by atoms with Crippen LogP contribution in [0.1, 0.15) is 21.7 Å². The summed E-state index contributed by atoms with van der Waals surface area (Å²) in [6.07, 6.45) is 0.675. The Hall–Kier alpha value is -2.86. The first-order valence-corrected chi connectivity index (χ1v) is 8.24. The maximum absolute atomic E-state index is 12.4. The van der Waals surface area contributed by atoms with Crippen LogP contribution >= 0.6 is 0 Å². The third-order valence-electron chi connectivity index (χ3n) is 4.39. The average molecular weight is 337 g/mol. The highest BCUT2D eigenvalue weighted by atomic mass is 16.7. The van der Waals surface area contributed by atoms with Crippen LogP contribution in [0.15, 0.2) is 42.5 Å². The van der Waals surface area contributed by atoms with Crippen LogP contribution in [0.3, 0.4) is 0 Å². The van der Waals surface area contributed by atoms with Crippen LogP contribution < -0.4 is 10.1 Å². The van der Waals surface area contributed by atoms with Gasteiger partial charge in [-0.3, -0.25) is 4.79 Å². The highest BCUT2D eigenvalue weighted by molar-refractivity contribution is 5.94. The molecule has 2 heterocycles. The molecule has 0 unspecified atom stereocenters. The van der Waals surface area contributed by atoms with Crippen molar-refractivity contribution in [1.29, 1.82) is 0 Å². The molecule has 0 bridgehead atoms. The van der Waals surface area contributed by atoms with Gasteiger partial charge in [0.15, 0.2) is 6.79 Å². The van der Waals surface area contributed by atoms with Gasteiger partial charge in [0, 0.05) is 31.1 Å². The third-order valence-corrected chi connectivity index (χ3v) is 4.39. The number of aryl methyl sites for hydroxylation is 1. The molecule has 0 saturated heterocycles. The molecule has 1 aliphatic heterocycles. The van der Waals surface area contributed by atoms with Gasteiger partial charge in [0.2, 0.25) is 0 Å². The molecule has 0 radical (unpaired) electrons. The number of aromatic nitrogens is 2. The second kappa shape index (κ2) is 6.57. The molecular formula is C19H19N3O3. The van der Waals surface area contributed by atoms with Crippen LogP contribution in [0, 0.1) is 0 Å². The Labute approximate surface area is 145 Å². The molecule has 2 aromatic carbocycles. The van der Waals surface area contributed by atoms with Crippen molar-refractivity contribution in [2.75, 3.05) is 13.3 Å². The van der Waals surface area contributed by atoms with E-state index in [0.29, 0.717) is 25.1 Å². The lowest BCUT2D eigenvalue weighted by atomic mass is 10.1.